The molecule has 0 aliphatic rings. The third-order valence-electron chi connectivity index (χ3n) is 4.12. The second-order valence-electron chi connectivity index (χ2n) is 6.30. The van der Waals surface area contributed by atoms with Crippen molar-refractivity contribution in [1.82, 2.24) is 0 Å². The average Bonchev–Trinajstić information content (AvgIpc) is 2.73. The third-order valence-corrected chi connectivity index (χ3v) is 4.96. The Kier molecular flexibility index (Phi) is 7.54. The standard InChI is InChI=1S/C23H14Cl3FN2O2/c24-16-6-7-17(18(25)11-16)15(12-28)9-14-5-8-22(19(26)10-14)31-13-23(30)29-21-4-2-1-3-20(21)27/h1-11H,13H2,(H,29,30)/b15-9-. The number of halogens is 4. The van der Waals surface area contributed by atoms with Gasteiger partial charge in [0.05, 0.1) is 27.4 Å². The van der Waals surface area contributed by atoms with Gasteiger partial charge in [0.1, 0.15) is 11.6 Å². The molecule has 0 saturated heterocycles. The Morgan fingerprint density at radius 1 is 1.06 bits per heavy atom. The highest BCUT2D eigenvalue weighted by molar-refractivity contribution is 6.36. The topological polar surface area (TPSA) is 62.1 Å². The summed E-state index contributed by atoms with van der Waals surface area (Å²) < 4.78 is 19.0. The lowest BCUT2D eigenvalue weighted by atomic mass is 10.0. The SMILES string of the molecule is N#C/C(=C/c1ccc(OCC(=O)Nc2ccccc2F)c(Cl)c1)c1ccc(Cl)cc1Cl. The minimum atomic E-state index is -0.542. The molecule has 31 heavy (non-hydrogen) atoms. The Bertz CT molecular complexity index is 1210. The maximum absolute atomic E-state index is 13.6. The third kappa shape index (κ3) is 5.99. The number of carbonyl (C=O) groups is 1. The van der Waals surface area contributed by atoms with Crippen LogP contribution in [0.25, 0.3) is 11.6 Å². The number of hydrogen-bond donors (Lipinski definition) is 1. The first-order valence-electron chi connectivity index (χ1n) is 8.91. The molecule has 0 spiro atoms. The first-order valence-corrected chi connectivity index (χ1v) is 10.0. The maximum atomic E-state index is 13.6. The molecule has 3 aromatic rings. The van der Waals surface area contributed by atoms with E-state index in [0.29, 0.717) is 26.7 Å². The lowest BCUT2D eigenvalue weighted by Gasteiger charge is -2.10. The van der Waals surface area contributed by atoms with Crippen molar-refractivity contribution in [1.29, 1.82) is 5.26 Å². The van der Waals surface area contributed by atoms with Crippen molar-refractivity contribution >= 4 is 58.0 Å². The number of nitriles is 1. The zero-order chi connectivity index (χ0) is 22.4. The highest BCUT2D eigenvalue weighted by atomic mass is 35.5. The van der Waals surface area contributed by atoms with Gasteiger partial charge in [-0.25, -0.2) is 4.39 Å². The Hall–Kier alpha value is -3.04. The number of allylic oxidation sites excluding steroid dienone is 1. The molecule has 0 radical (unpaired) electrons. The summed E-state index contributed by atoms with van der Waals surface area (Å²) in [6.45, 7) is -0.354. The van der Waals surface area contributed by atoms with Gasteiger partial charge in [0.15, 0.2) is 6.61 Å². The fourth-order valence-electron chi connectivity index (χ4n) is 2.66. The van der Waals surface area contributed by atoms with Crippen LogP contribution < -0.4 is 10.1 Å². The summed E-state index contributed by atoms with van der Waals surface area (Å²) in [4.78, 5) is 12.0. The highest BCUT2D eigenvalue weighted by Gasteiger charge is 2.11. The van der Waals surface area contributed by atoms with Crippen LogP contribution in [0.4, 0.5) is 10.1 Å². The summed E-state index contributed by atoms with van der Waals surface area (Å²) in [6, 6.07) is 17.6. The van der Waals surface area contributed by atoms with Crippen molar-refractivity contribution in [2.45, 2.75) is 0 Å². The van der Waals surface area contributed by atoms with Crippen molar-refractivity contribution in [2.24, 2.45) is 0 Å². The molecule has 1 amide bonds. The summed E-state index contributed by atoms with van der Waals surface area (Å²) in [5.74, 6) is -0.807. The lowest BCUT2D eigenvalue weighted by molar-refractivity contribution is -0.118. The number of carbonyl (C=O) groups excluding carboxylic acids is 1. The molecule has 4 nitrogen and oxygen atoms in total. The van der Waals surface area contributed by atoms with E-state index in [0.717, 1.165) is 0 Å². The van der Waals surface area contributed by atoms with Gasteiger partial charge >= 0.3 is 0 Å². The van der Waals surface area contributed by atoms with E-state index in [-0.39, 0.29) is 23.1 Å². The minimum absolute atomic E-state index is 0.0626. The van der Waals surface area contributed by atoms with E-state index in [1.165, 1.54) is 18.2 Å². The van der Waals surface area contributed by atoms with Gasteiger partial charge in [-0.05, 0) is 48.0 Å². The predicted molar refractivity (Wildman–Crippen MR) is 122 cm³/mol. The van der Waals surface area contributed by atoms with Crippen LogP contribution in [0.2, 0.25) is 15.1 Å². The first-order chi connectivity index (χ1) is 14.9. The fourth-order valence-corrected chi connectivity index (χ4v) is 3.41. The van der Waals surface area contributed by atoms with Crippen LogP contribution in [-0.4, -0.2) is 12.5 Å². The molecule has 156 valence electrons. The second kappa shape index (κ2) is 10.3. The van der Waals surface area contributed by atoms with Crippen LogP contribution in [0.15, 0.2) is 60.7 Å². The number of nitrogens with zero attached hydrogens (tertiary/aromatic N) is 1. The Labute approximate surface area is 193 Å². The molecule has 0 aliphatic heterocycles. The van der Waals surface area contributed by atoms with Crippen LogP contribution in [0.3, 0.4) is 0 Å². The molecule has 0 saturated carbocycles. The molecule has 0 heterocycles. The van der Waals surface area contributed by atoms with E-state index >= 15 is 0 Å². The second-order valence-corrected chi connectivity index (χ2v) is 7.55. The molecule has 3 aromatic carbocycles. The van der Waals surface area contributed by atoms with Crippen molar-refractivity contribution in [2.75, 3.05) is 11.9 Å². The Morgan fingerprint density at radius 2 is 1.84 bits per heavy atom. The molecule has 1 N–H and O–H groups in total. The van der Waals surface area contributed by atoms with Gasteiger partial charge in [-0.3, -0.25) is 4.79 Å². The fraction of sp³-hybridized carbons (Fsp3) is 0.0435. The number of rotatable bonds is 6. The predicted octanol–water partition coefficient (Wildman–Crippen LogP) is 6.87. The zero-order valence-corrected chi connectivity index (χ0v) is 18.1. The largest absolute Gasteiger partial charge is 0.482 e. The Morgan fingerprint density at radius 3 is 2.52 bits per heavy atom. The summed E-state index contributed by atoms with van der Waals surface area (Å²) in [7, 11) is 0. The highest BCUT2D eigenvalue weighted by Crippen LogP contribution is 2.30. The number of benzene rings is 3. The minimum Gasteiger partial charge on any atom is -0.482 e. The number of amides is 1. The van der Waals surface area contributed by atoms with Gasteiger partial charge in [-0.15, -0.1) is 0 Å². The monoisotopic (exact) mass is 474 g/mol. The van der Waals surface area contributed by atoms with E-state index in [1.807, 2.05) is 0 Å². The van der Waals surface area contributed by atoms with Crippen molar-refractivity contribution in [3.8, 4) is 11.8 Å². The van der Waals surface area contributed by atoms with Gasteiger partial charge in [-0.2, -0.15) is 5.26 Å². The van der Waals surface area contributed by atoms with Gasteiger partial charge < -0.3 is 10.1 Å². The molecule has 0 atom stereocenters. The van der Waals surface area contributed by atoms with E-state index < -0.39 is 11.7 Å². The summed E-state index contributed by atoms with van der Waals surface area (Å²) in [5.41, 5.74) is 1.56. The van der Waals surface area contributed by atoms with Crippen molar-refractivity contribution in [3.63, 3.8) is 0 Å². The molecule has 0 bridgehead atoms. The molecular formula is C23H14Cl3FN2O2. The van der Waals surface area contributed by atoms with E-state index in [9.17, 15) is 14.4 Å². The van der Waals surface area contributed by atoms with Crippen LogP contribution >= 0.6 is 34.8 Å². The number of nitrogens with one attached hydrogen (secondary N) is 1. The van der Waals surface area contributed by atoms with Crippen LogP contribution in [0, 0.1) is 17.1 Å². The number of ether oxygens (including phenoxy) is 1. The van der Waals surface area contributed by atoms with Gasteiger partial charge in [0.2, 0.25) is 0 Å². The molecule has 0 unspecified atom stereocenters. The average molecular weight is 476 g/mol. The van der Waals surface area contributed by atoms with Crippen LogP contribution in [0.5, 0.6) is 5.75 Å². The summed E-state index contributed by atoms with van der Waals surface area (Å²) in [6.07, 6.45) is 1.62. The number of hydrogen-bond acceptors (Lipinski definition) is 3. The molecule has 0 aromatic heterocycles. The molecular weight excluding hydrogens is 462 g/mol. The lowest BCUT2D eigenvalue weighted by Crippen LogP contribution is -2.20. The van der Waals surface area contributed by atoms with E-state index in [4.69, 9.17) is 39.5 Å². The molecule has 8 heteroatoms. The van der Waals surface area contributed by atoms with Gasteiger partial charge in [-0.1, -0.05) is 59.1 Å². The maximum Gasteiger partial charge on any atom is 0.262 e. The van der Waals surface area contributed by atoms with Gasteiger partial charge in [0.25, 0.3) is 5.91 Å². The van der Waals surface area contributed by atoms with Crippen LogP contribution in [-0.2, 0) is 4.79 Å². The molecule has 3 rings (SSSR count). The number of anilines is 1. The zero-order valence-electron chi connectivity index (χ0n) is 15.8. The smallest absolute Gasteiger partial charge is 0.262 e. The molecule has 0 fully saturated rings. The normalized spacial score (nSPS) is 11.0. The Balaban J connectivity index is 1.71. The van der Waals surface area contributed by atoms with E-state index in [1.54, 1.807) is 48.5 Å². The first kappa shape index (κ1) is 22.6. The van der Waals surface area contributed by atoms with E-state index in [2.05, 4.69) is 11.4 Å². The van der Waals surface area contributed by atoms with Gasteiger partial charge in [0, 0.05) is 10.6 Å². The van der Waals surface area contributed by atoms with Crippen molar-refractivity contribution in [3.05, 3.63) is 92.7 Å². The van der Waals surface area contributed by atoms with Crippen LogP contribution in [0.1, 0.15) is 11.1 Å². The quantitative estimate of drug-likeness (QED) is 0.313. The molecule has 0 aliphatic carbocycles. The number of para-hydroxylation sites is 1. The summed E-state index contributed by atoms with van der Waals surface area (Å²) in [5, 5.41) is 13.0. The van der Waals surface area contributed by atoms with Crippen molar-refractivity contribution < 1.29 is 13.9 Å². The summed E-state index contributed by atoms with van der Waals surface area (Å²) >= 11 is 18.3.